The van der Waals surface area contributed by atoms with Gasteiger partial charge in [0, 0.05) is 43.1 Å². The van der Waals surface area contributed by atoms with Crippen molar-refractivity contribution in [3.05, 3.63) is 78.0 Å². The number of hydrogen-bond donors (Lipinski definition) is 3. The second kappa shape index (κ2) is 14.6. The van der Waals surface area contributed by atoms with Crippen LogP contribution in [0, 0.1) is 0 Å². The minimum Gasteiger partial charge on any atom is -0.481 e. The van der Waals surface area contributed by atoms with E-state index < -0.39 is 30.0 Å². The lowest BCUT2D eigenvalue weighted by atomic mass is 10.1. The Hall–Kier alpha value is -5.04. The van der Waals surface area contributed by atoms with E-state index in [1.807, 2.05) is 48.5 Å². The van der Waals surface area contributed by atoms with Gasteiger partial charge in [0.25, 0.3) is 5.91 Å². The van der Waals surface area contributed by atoms with Crippen LogP contribution in [0.3, 0.4) is 0 Å². The molecular weight excluding hydrogens is 580 g/mol. The van der Waals surface area contributed by atoms with E-state index in [2.05, 4.69) is 32.7 Å². The van der Waals surface area contributed by atoms with Gasteiger partial charge in [0.2, 0.25) is 5.91 Å². The van der Waals surface area contributed by atoms with Gasteiger partial charge >= 0.3 is 12.1 Å². The SMILES string of the molecule is CCOC(=O)ON1CCN(C(=O)C(CCC(=O)O)NC(=O)c2cc(N[C@@H]3C[C@H]3c3ccccc3)nc(-c3ccccc3)n2)CC1. The monoisotopic (exact) mass is 616 g/mol. The maximum atomic E-state index is 13.6. The van der Waals surface area contributed by atoms with E-state index in [0.717, 1.165) is 6.42 Å². The molecule has 1 aliphatic heterocycles. The Labute approximate surface area is 260 Å². The number of benzene rings is 2. The topological polar surface area (TPSA) is 163 Å². The largest absolute Gasteiger partial charge is 0.527 e. The number of carboxylic acids is 1. The fraction of sp³-hybridized carbons (Fsp3) is 0.375. The molecule has 0 bridgehead atoms. The number of aromatic nitrogens is 2. The summed E-state index contributed by atoms with van der Waals surface area (Å²) in [7, 11) is 0. The molecule has 2 amide bonds. The molecule has 3 atom stereocenters. The Morgan fingerprint density at radius 1 is 0.978 bits per heavy atom. The maximum absolute atomic E-state index is 13.6. The van der Waals surface area contributed by atoms with Crippen molar-refractivity contribution in [3.63, 3.8) is 0 Å². The molecule has 2 fully saturated rings. The first-order valence-electron chi connectivity index (χ1n) is 15.0. The van der Waals surface area contributed by atoms with Gasteiger partial charge in [-0.25, -0.2) is 14.8 Å². The molecule has 45 heavy (non-hydrogen) atoms. The number of carboxylic acid groups (broad SMARTS) is 1. The molecule has 1 aliphatic carbocycles. The molecule has 0 spiro atoms. The van der Waals surface area contributed by atoms with Crippen LogP contribution in [0.4, 0.5) is 10.6 Å². The van der Waals surface area contributed by atoms with Gasteiger partial charge in [-0.2, -0.15) is 0 Å². The highest BCUT2D eigenvalue weighted by atomic mass is 16.8. The Morgan fingerprint density at radius 3 is 2.33 bits per heavy atom. The van der Waals surface area contributed by atoms with E-state index in [-0.39, 0.29) is 57.4 Å². The summed E-state index contributed by atoms with van der Waals surface area (Å²) in [4.78, 5) is 66.0. The molecule has 3 N–H and O–H groups in total. The van der Waals surface area contributed by atoms with Gasteiger partial charge in [0.05, 0.1) is 19.7 Å². The lowest BCUT2D eigenvalue weighted by Crippen LogP contribution is -2.55. The Balaban J connectivity index is 1.31. The van der Waals surface area contributed by atoms with E-state index in [4.69, 9.17) is 9.57 Å². The van der Waals surface area contributed by atoms with Gasteiger partial charge in [-0.3, -0.25) is 14.4 Å². The van der Waals surface area contributed by atoms with E-state index in [1.165, 1.54) is 15.5 Å². The van der Waals surface area contributed by atoms with Crippen molar-refractivity contribution in [1.82, 2.24) is 25.2 Å². The predicted molar refractivity (Wildman–Crippen MR) is 163 cm³/mol. The van der Waals surface area contributed by atoms with Crippen LogP contribution in [-0.4, -0.2) is 93.8 Å². The number of anilines is 1. The summed E-state index contributed by atoms with van der Waals surface area (Å²) in [5.74, 6) is -1.01. The molecule has 13 nitrogen and oxygen atoms in total. The summed E-state index contributed by atoms with van der Waals surface area (Å²) in [6, 6.07) is 20.0. The first-order valence-corrected chi connectivity index (χ1v) is 15.0. The van der Waals surface area contributed by atoms with Gasteiger partial charge in [-0.15, -0.1) is 5.06 Å². The standard InChI is InChI=1S/C32H36N6O7/c1-2-44-32(43)45-38-17-15-37(16-18-38)31(42)24(13-14-28(39)40)35-30(41)26-20-27(36-29(34-26)22-11-7-4-8-12-22)33-25-19-23(25)21-9-5-3-6-10-21/h3-12,20,23-25H,2,13-19H2,1H3,(H,35,41)(H,39,40)(H,33,34,36)/t23-,24?,25+/m0/s1. The van der Waals surface area contributed by atoms with Crippen molar-refractivity contribution >= 4 is 29.8 Å². The molecule has 2 aromatic carbocycles. The fourth-order valence-electron chi connectivity index (χ4n) is 5.19. The zero-order chi connectivity index (χ0) is 31.8. The molecule has 13 heteroatoms. The number of hydroxylamine groups is 2. The summed E-state index contributed by atoms with van der Waals surface area (Å²) >= 11 is 0. The van der Waals surface area contributed by atoms with Crippen molar-refractivity contribution in [2.24, 2.45) is 0 Å². The summed E-state index contributed by atoms with van der Waals surface area (Å²) < 4.78 is 4.79. The average Bonchev–Trinajstić information content (AvgIpc) is 3.82. The Kier molecular flexibility index (Phi) is 10.2. The van der Waals surface area contributed by atoms with Gasteiger partial charge < -0.3 is 30.2 Å². The van der Waals surface area contributed by atoms with Crippen LogP contribution in [-0.2, 0) is 19.2 Å². The van der Waals surface area contributed by atoms with E-state index in [9.17, 15) is 24.3 Å². The number of hydrogen-bond acceptors (Lipinski definition) is 10. The van der Waals surface area contributed by atoms with Crippen molar-refractivity contribution in [3.8, 4) is 11.4 Å². The predicted octanol–water partition coefficient (Wildman–Crippen LogP) is 3.31. The first-order chi connectivity index (χ1) is 21.8. The quantitative estimate of drug-likeness (QED) is 0.256. The number of ether oxygens (including phenoxy) is 1. The van der Waals surface area contributed by atoms with Crippen molar-refractivity contribution < 1.29 is 33.9 Å². The number of amides is 2. The molecule has 3 aromatic rings. The maximum Gasteiger partial charge on any atom is 0.527 e. The summed E-state index contributed by atoms with van der Waals surface area (Å²) in [6.45, 7) is 2.73. The number of rotatable bonds is 12. The normalized spacial score (nSPS) is 18.4. The Morgan fingerprint density at radius 2 is 1.67 bits per heavy atom. The molecule has 2 aliphatic rings. The number of nitrogens with one attached hydrogen (secondary N) is 2. The minimum atomic E-state index is -1.11. The third-order valence-electron chi connectivity index (χ3n) is 7.61. The molecule has 236 valence electrons. The van der Waals surface area contributed by atoms with Crippen LogP contribution < -0.4 is 10.6 Å². The third-order valence-corrected chi connectivity index (χ3v) is 7.61. The molecule has 1 saturated carbocycles. The van der Waals surface area contributed by atoms with E-state index >= 15 is 0 Å². The number of carbonyl (C=O) groups excluding carboxylic acids is 3. The second-order valence-electron chi connectivity index (χ2n) is 10.8. The zero-order valence-electron chi connectivity index (χ0n) is 24.9. The summed E-state index contributed by atoms with van der Waals surface area (Å²) in [6.07, 6.45) is -0.339. The molecule has 1 unspecified atom stereocenters. The van der Waals surface area contributed by atoms with Crippen molar-refractivity contribution in [1.29, 1.82) is 0 Å². The van der Waals surface area contributed by atoms with Crippen molar-refractivity contribution in [2.75, 3.05) is 38.1 Å². The number of piperazine rings is 1. The molecule has 5 rings (SSSR count). The highest BCUT2D eigenvalue weighted by Gasteiger charge is 2.39. The molecule has 1 saturated heterocycles. The van der Waals surface area contributed by atoms with Crippen LogP contribution in [0.5, 0.6) is 0 Å². The fourth-order valence-corrected chi connectivity index (χ4v) is 5.19. The molecule has 0 radical (unpaired) electrons. The lowest BCUT2D eigenvalue weighted by molar-refractivity contribution is -0.157. The Bertz CT molecular complexity index is 1500. The van der Waals surface area contributed by atoms with Gasteiger partial charge in [-0.1, -0.05) is 60.7 Å². The number of nitrogens with zero attached hydrogens (tertiary/aromatic N) is 4. The van der Waals surface area contributed by atoms with E-state index in [1.54, 1.807) is 13.0 Å². The minimum absolute atomic E-state index is 0.0454. The highest BCUT2D eigenvalue weighted by Crippen LogP contribution is 2.42. The average molecular weight is 617 g/mol. The zero-order valence-corrected chi connectivity index (χ0v) is 24.9. The molecular formula is C32H36N6O7. The number of aliphatic carboxylic acids is 1. The smallest absolute Gasteiger partial charge is 0.481 e. The van der Waals surface area contributed by atoms with Gasteiger partial charge in [0.15, 0.2) is 5.82 Å². The van der Waals surface area contributed by atoms with Crippen LogP contribution >= 0.6 is 0 Å². The summed E-state index contributed by atoms with van der Waals surface area (Å²) in [5, 5.41) is 16.9. The van der Waals surface area contributed by atoms with Crippen LogP contribution in [0.2, 0.25) is 0 Å². The highest BCUT2D eigenvalue weighted by molar-refractivity contribution is 5.97. The second-order valence-corrected chi connectivity index (χ2v) is 10.8. The van der Waals surface area contributed by atoms with Crippen molar-refractivity contribution in [2.45, 2.75) is 44.2 Å². The van der Waals surface area contributed by atoms with Crippen LogP contribution in [0.1, 0.15) is 48.2 Å². The van der Waals surface area contributed by atoms with Crippen LogP contribution in [0.25, 0.3) is 11.4 Å². The van der Waals surface area contributed by atoms with E-state index in [0.29, 0.717) is 23.1 Å². The molecule has 2 heterocycles. The third kappa shape index (κ3) is 8.54. The van der Waals surface area contributed by atoms with Gasteiger partial charge in [-0.05, 0) is 25.3 Å². The number of carbonyl (C=O) groups is 4. The first kappa shape index (κ1) is 31.4. The summed E-state index contributed by atoms with van der Waals surface area (Å²) in [5.41, 5.74) is 1.98. The van der Waals surface area contributed by atoms with Crippen LogP contribution in [0.15, 0.2) is 66.7 Å². The molecule has 1 aromatic heterocycles. The lowest BCUT2D eigenvalue weighted by Gasteiger charge is -2.35. The van der Waals surface area contributed by atoms with Gasteiger partial charge in [0.1, 0.15) is 17.6 Å².